The first kappa shape index (κ1) is 17.0. The van der Waals surface area contributed by atoms with E-state index in [1.807, 2.05) is 0 Å². The molecule has 2 aromatic rings. The maximum absolute atomic E-state index is 11.8. The predicted molar refractivity (Wildman–Crippen MR) is 87.2 cm³/mol. The number of ether oxygens (including phenoxy) is 1. The van der Waals surface area contributed by atoms with Crippen LogP contribution in [0, 0.1) is 0 Å². The van der Waals surface area contributed by atoms with Crippen LogP contribution in [0.4, 0.5) is 5.69 Å². The zero-order valence-corrected chi connectivity index (χ0v) is 13.2. The van der Waals surface area contributed by atoms with Crippen molar-refractivity contribution in [2.24, 2.45) is 0 Å². The third kappa shape index (κ3) is 4.81. The second kappa shape index (κ2) is 7.76. The number of hydrogen-bond donors (Lipinski definition) is 1. The Labute approximate surface area is 142 Å². The van der Waals surface area contributed by atoms with E-state index in [9.17, 15) is 14.4 Å². The van der Waals surface area contributed by atoms with Crippen LogP contribution in [-0.2, 0) is 9.53 Å². The summed E-state index contributed by atoms with van der Waals surface area (Å²) in [5.41, 5.74) is 1.13. The Hall–Kier alpha value is -2.37. The highest BCUT2D eigenvalue weighted by Gasteiger charge is 2.11. The zero-order chi connectivity index (χ0) is 16.8. The molecule has 1 N–H and O–H groups in total. The minimum absolute atomic E-state index is 0.248. The van der Waals surface area contributed by atoms with E-state index in [4.69, 9.17) is 27.9 Å². The largest absolute Gasteiger partial charge is 0.452 e. The van der Waals surface area contributed by atoms with Gasteiger partial charge in [0.2, 0.25) is 0 Å². The van der Waals surface area contributed by atoms with E-state index in [0.717, 1.165) is 0 Å². The molecule has 0 radical (unpaired) electrons. The van der Waals surface area contributed by atoms with Crippen molar-refractivity contribution in [2.45, 2.75) is 0 Å². The van der Waals surface area contributed by atoms with Crippen molar-refractivity contribution >= 4 is 47.1 Å². The topological polar surface area (TPSA) is 72.5 Å². The number of hydrogen-bond acceptors (Lipinski definition) is 4. The number of anilines is 1. The first-order chi connectivity index (χ1) is 11.0. The summed E-state index contributed by atoms with van der Waals surface area (Å²) < 4.78 is 4.89. The summed E-state index contributed by atoms with van der Waals surface area (Å²) in [6.45, 7) is -0.450. The fourth-order valence-electron chi connectivity index (χ4n) is 1.68. The molecule has 0 aromatic heterocycles. The van der Waals surface area contributed by atoms with Gasteiger partial charge in [-0.3, -0.25) is 9.59 Å². The molecular weight excluding hydrogens is 341 g/mol. The second-order valence-corrected chi connectivity index (χ2v) is 5.31. The first-order valence-electron chi connectivity index (χ1n) is 6.47. The van der Waals surface area contributed by atoms with E-state index >= 15 is 0 Å². The van der Waals surface area contributed by atoms with Crippen molar-refractivity contribution < 1.29 is 19.1 Å². The molecule has 0 spiro atoms. The number of amides is 1. The molecule has 7 heteroatoms. The molecule has 0 aliphatic rings. The monoisotopic (exact) mass is 351 g/mol. The lowest BCUT2D eigenvalue weighted by molar-refractivity contribution is -0.119. The van der Waals surface area contributed by atoms with Crippen LogP contribution in [0.15, 0.2) is 42.5 Å². The van der Waals surface area contributed by atoms with Gasteiger partial charge in [-0.2, -0.15) is 0 Å². The molecule has 5 nitrogen and oxygen atoms in total. The third-order valence-corrected chi connectivity index (χ3v) is 3.56. The Morgan fingerprint density at radius 3 is 2.35 bits per heavy atom. The molecule has 0 atom stereocenters. The summed E-state index contributed by atoms with van der Waals surface area (Å²) in [5, 5.41) is 3.20. The van der Waals surface area contributed by atoms with Crippen LogP contribution in [0.5, 0.6) is 0 Å². The maximum Gasteiger partial charge on any atom is 0.338 e. The Bertz CT molecular complexity index is 744. The van der Waals surface area contributed by atoms with Crippen molar-refractivity contribution in [1.82, 2.24) is 0 Å². The molecule has 0 saturated carbocycles. The van der Waals surface area contributed by atoms with Gasteiger partial charge in [-0.25, -0.2) is 4.79 Å². The molecule has 1 amide bonds. The number of benzene rings is 2. The van der Waals surface area contributed by atoms with Gasteiger partial charge < -0.3 is 10.1 Å². The van der Waals surface area contributed by atoms with Crippen LogP contribution < -0.4 is 5.32 Å². The fraction of sp³-hybridized carbons (Fsp3) is 0.0625. The van der Waals surface area contributed by atoms with Crippen LogP contribution in [0.25, 0.3) is 0 Å². The summed E-state index contributed by atoms with van der Waals surface area (Å²) in [6.07, 6.45) is 0.666. The van der Waals surface area contributed by atoms with Crippen molar-refractivity contribution in [3.05, 3.63) is 63.6 Å². The van der Waals surface area contributed by atoms with E-state index in [-0.39, 0.29) is 5.56 Å². The fourth-order valence-corrected chi connectivity index (χ4v) is 1.98. The molecule has 23 heavy (non-hydrogen) atoms. The van der Waals surface area contributed by atoms with Crippen molar-refractivity contribution in [2.75, 3.05) is 11.9 Å². The lowest BCUT2D eigenvalue weighted by Crippen LogP contribution is -2.20. The summed E-state index contributed by atoms with van der Waals surface area (Å²) >= 11 is 11.6. The highest BCUT2D eigenvalue weighted by molar-refractivity contribution is 6.42. The van der Waals surface area contributed by atoms with E-state index in [1.54, 1.807) is 12.1 Å². The van der Waals surface area contributed by atoms with Gasteiger partial charge in [0.1, 0.15) is 6.29 Å². The van der Waals surface area contributed by atoms with Gasteiger partial charge in [0.15, 0.2) is 6.61 Å². The maximum atomic E-state index is 11.8. The average Bonchev–Trinajstić information content (AvgIpc) is 2.56. The number of nitrogens with one attached hydrogen (secondary N) is 1. The number of halogens is 2. The van der Waals surface area contributed by atoms with E-state index < -0.39 is 18.5 Å². The van der Waals surface area contributed by atoms with Gasteiger partial charge >= 0.3 is 5.97 Å². The predicted octanol–water partition coefficient (Wildman–Crippen LogP) is 3.60. The van der Waals surface area contributed by atoms with Gasteiger partial charge in [0.25, 0.3) is 5.91 Å². The third-order valence-electron chi connectivity index (χ3n) is 2.82. The minimum atomic E-state index is -0.660. The lowest BCUT2D eigenvalue weighted by Gasteiger charge is -2.07. The van der Waals surface area contributed by atoms with Gasteiger partial charge in [0.05, 0.1) is 15.6 Å². The Balaban J connectivity index is 1.88. The number of carbonyl (C=O) groups is 3. The first-order valence-corrected chi connectivity index (χ1v) is 7.22. The molecule has 0 unspecified atom stereocenters. The molecule has 2 rings (SSSR count). The van der Waals surface area contributed by atoms with Crippen LogP contribution in [0.2, 0.25) is 10.0 Å². The van der Waals surface area contributed by atoms with Crippen molar-refractivity contribution in [3.63, 3.8) is 0 Å². The molecule has 0 aliphatic carbocycles. The van der Waals surface area contributed by atoms with Crippen LogP contribution in [0.1, 0.15) is 20.7 Å². The summed E-state index contributed by atoms with van der Waals surface area (Å²) in [4.78, 5) is 34.0. The molecule has 0 aliphatic heterocycles. The van der Waals surface area contributed by atoms with Gasteiger partial charge in [0, 0.05) is 11.3 Å². The number of aldehydes is 1. The minimum Gasteiger partial charge on any atom is -0.452 e. The molecule has 0 heterocycles. The normalized spacial score (nSPS) is 10.0. The van der Waals surface area contributed by atoms with Gasteiger partial charge in [-0.1, -0.05) is 35.3 Å². The summed E-state index contributed by atoms with van der Waals surface area (Å²) in [6, 6.07) is 10.5. The van der Waals surface area contributed by atoms with Gasteiger partial charge in [-0.05, 0) is 30.3 Å². The Morgan fingerprint density at radius 1 is 1.04 bits per heavy atom. The zero-order valence-electron chi connectivity index (χ0n) is 11.7. The van der Waals surface area contributed by atoms with Gasteiger partial charge in [-0.15, -0.1) is 0 Å². The van der Waals surface area contributed by atoms with E-state index in [0.29, 0.717) is 27.6 Å². The average molecular weight is 352 g/mol. The highest BCUT2D eigenvalue weighted by atomic mass is 35.5. The number of esters is 1. The summed E-state index contributed by atoms with van der Waals surface area (Å²) in [7, 11) is 0. The van der Waals surface area contributed by atoms with E-state index in [1.165, 1.54) is 30.3 Å². The molecule has 0 saturated heterocycles. The standard InChI is InChI=1S/C16H11Cl2NO4/c17-13-6-5-12(7-14(13)18)19-15(21)9-23-16(22)11-3-1-10(8-20)2-4-11/h1-8H,9H2,(H,19,21). The van der Waals surface area contributed by atoms with Crippen molar-refractivity contribution in [1.29, 1.82) is 0 Å². The Morgan fingerprint density at radius 2 is 1.74 bits per heavy atom. The van der Waals surface area contributed by atoms with Crippen LogP contribution >= 0.6 is 23.2 Å². The SMILES string of the molecule is O=Cc1ccc(C(=O)OCC(=O)Nc2ccc(Cl)c(Cl)c2)cc1. The van der Waals surface area contributed by atoms with Crippen LogP contribution in [0.3, 0.4) is 0 Å². The summed E-state index contributed by atoms with van der Waals surface area (Å²) in [5.74, 6) is -1.17. The van der Waals surface area contributed by atoms with Crippen molar-refractivity contribution in [3.8, 4) is 0 Å². The second-order valence-electron chi connectivity index (χ2n) is 4.49. The lowest BCUT2D eigenvalue weighted by atomic mass is 10.1. The quantitative estimate of drug-likeness (QED) is 0.659. The smallest absolute Gasteiger partial charge is 0.338 e. The number of carbonyl (C=O) groups excluding carboxylic acids is 3. The molecule has 0 fully saturated rings. The molecule has 2 aromatic carbocycles. The molecule has 118 valence electrons. The van der Waals surface area contributed by atoms with E-state index in [2.05, 4.69) is 5.32 Å². The molecular formula is C16H11Cl2NO4. The van der Waals surface area contributed by atoms with Crippen LogP contribution in [-0.4, -0.2) is 24.8 Å². The number of rotatable bonds is 5. The highest BCUT2D eigenvalue weighted by Crippen LogP contribution is 2.24. The Kier molecular flexibility index (Phi) is 5.73. The molecule has 0 bridgehead atoms.